The highest BCUT2D eigenvalue weighted by Crippen LogP contribution is 2.39. The molecule has 0 aliphatic carbocycles. The number of ether oxygens (including phenoxy) is 3. The molecule has 0 radical (unpaired) electrons. The summed E-state index contributed by atoms with van der Waals surface area (Å²) in [6, 6.07) is 14.0. The van der Waals surface area contributed by atoms with Crippen LogP contribution in [0.15, 0.2) is 60.9 Å². The van der Waals surface area contributed by atoms with Crippen LogP contribution in [-0.4, -0.2) is 36.6 Å². The predicted molar refractivity (Wildman–Crippen MR) is 130 cm³/mol. The Labute approximate surface area is 199 Å². The van der Waals surface area contributed by atoms with Gasteiger partial charge in [0.05, 0.1) is 25.4 Å². The lowest BCUT2D eigenvalue weighted by atomic mass is 10.1. The summed E-state index contributed by atoms with van der Waals surface area (Å²) < 4.78 is 17.1. The second-order valence-electron chi connectivity index (χ2n) is 7.14. The van der Waals surface area contributed by atoms with Crippen molar-refractivity contribution < 1.29 is 23.8 Å². The number of nitrogens with one attached hydrogen (secondary N) is 2. The first kappa shape index (κ1) is 24.6. The van der Waals surface area contributed by atoms with Crippen LogP contribution in [0.1, 0.15) is 47.1 Å². The number of hydrogen-bond acceptors (Lipinski definition) is 6. The van der Waals surface area contributed by atoms with E-state index in [0.29, 0.717) is 53.9 Å². The molecule has 2 aromatic carbocycles. The van der Waals surface area contributed by atoms with E-state index in [4.69, 9.17) is 14.2 Å². The largest absolute Gasteiger partial charge is 0.490 e. The fourth-order valence-corrected chi connectivity index (χ4v) is 3.29. The van der Waals surface area contributed by atoms with E-state index in [1.165, 1.54) is 6.20 Å². The molecular weight excluding hydrogens is 434 g/mol. The normalized spacial score (nSPS) is 10.3. The highest BCUT2D eigenvalue weighted by atomic mass is 16.5. The monoisotopic (exact) mass is 463 g/mol. The molecule has 1 aromatic heterocycles. The molecule has 0 saturated carbocycles. The Morgan fingerprint density at radius 1 is 0.824 bits per heavy atom. The molecule has 0 aliphatic heterocycles. The average Bonchev–Trinajstić information content (AvgIpc) is 2.86. The van der Waals surface area contributed by atoms with Crippen LogP contribution in [0, 0.1) is 0 Å². The van der Waals surface area contributed by atoms with Gasteiger partial charge >= 0.3 is 0 Å². The Hall–Kier alpha value is -4.07. The van der Waals surface area contributed by atoms with Crippen molar-refractivity contribution in [2.24, 2.45) is 0 Å². The summed E-state index contributed by atoms with van der Waals surface area (Å²) in [5, 5.41) is 5.78. The molecule has 2 N–H and O–H groups in total. The number of amides is 2. The Morgan fingerprint density at radius 2 is 1.50 bits per heavy atom. The SMILES string of the molecule is CCOc1cc(C(=O)NCc2ccccc2NC(=O)c2cccnc2)cc(OCC)c1OCC. The predicted octanol–water partition coefficient (Wildman–Crippen LogP) is 4.46. The average molecular weight is 464 g/mol. The second-order valence-corrected chi connectivity index (χ2v) is 7.14. The molecule has 8 nitrogen and oxygen atoms in total. The van der Waals surface area contributed by atoms with Crippen LogP contribution in [0.25, 0.3) is 0 Å². The number of anilines is 1. The van der Waals surface area contributed by atoms with Gasteiger partial charge in [0.15, 0.2) is 11.5 Å². The number of carbonyl (C=O) groups is 2. The number of nitrogens with zero attached hydrogens (tertiary/aromatic N) is 1. The lowest BCUT2D eigenvalue weighted by Crippen LogP contribution is -2.24. The van der Waals surface area contributed by atoms with Gasteiger partial charge < -0.3 is 24.8 Å². The molecule has 2 amide bonds. The summed E-state index contributed by atoms with van der Waals surface area (Å²) in [6.07, 6.45) is 3.10. The summed E-state index contributed by atoms with van der Waals surface area (Å²) in [5.74, 6) is 0.792. The maximum atomic E-state index is 13.0. The molecule has 34 heavy (non-hydrogen) atoms. The van der Waals surface area contributed by atoms with Gasteiger partial charge in [0, 0.05) is 30.2 Å². The lowest BCUT2D eigenvalue weighted by Gasteiger charge is -2.17. The number of carbonyl (C=O) groups excluding carboxylic acids is 2. The van der Waals surface area contributed by atoms with Gasteiger partial charge in [-0.15, -0.1) is 0 Å². The molecule has 1 heterocycles. The van der Waals surface area contributed by atoms with Crippen molar-refractivity contribution in [1.29, 1.82) is 0 Å². The first-order valence-electron chi connectivity index (χ1n) is 11.2. The van der Waals surface area contributed by atoms with Crippen molar-refractivity contribution in [2.45, 2.75) is 27.3 Å². The number of aromatic nitrogens is 1. The van der Waals surface area contributed by atoms with Crippen LogP contribution in [0.5, 0.6) is 17.2 Å². The van der Waals surface area contributed by atoms with Gasteiger partial charge in [-0.2, -0.15) is 0 Å². The Kier molecular flexibility index (Phi) is 8.85. The van der Waals surface area contributed by atoms with Gasteiger partial charge in [-0.3, -0.25) is 14.6 Å². The number of pyridine rings is 1. The molecule has 0 fully saturated rings. The summed E-state index contributed by atoms with van der Waals surface area (Å²) in [7, 11) is 0. The van der Waals surface area contributed by atoms with Crippen molar-refractivity contribution in [3.05, 3.63) is 77.6 Å². The van der Waals surface area contributed by atoms with E-state index in [-0.39, 0.29) is 18.4 Å². The molecule has 0 bridgehead atoms. The molecule has 3 aromatic rings. The molecule has 0 aliphatic rings. The Bertz CT molecular complexity index is 1090. The fourth-order valence-electron chi connectivity index (χ4n) is 3.29. The van der Waals surface area contributed by atoms with E-state index < -0.39 is 0 Å². The quantitative estimate of drug-likeness (QED) is 0.436. The summed E-state index contributed by atoms with van der Waals surface area (Å²) in [6.45, 7) is 7.08. The lowest BCUT2D eigenvalue weighted by molar-refractivity contribution is 0.0949. The number of para-hydroxylation sites is 1. The van der Waals surface area contributed by atoms with Crippen LogP contribution < -0.4 is 24.8 Å². The minimum atomic E-state index is -0.307. The number of hydrogen-bond donors (Lipinski definition) is 2. The minimum Gasteiger partial charge on any atom is -0.490 e. The highest BCUT2D eigenvalue weighted by molar-refractivity contribution is 6.04. The minimum absolute atomic E-state index is 0.212. The second kappa shape index (κ2) is 12.2. The molecule has 0 saturated heterocycles. The first-order valence-corrected chi connectivity index (χ1v) is 11.2. The maximum Gasteiger partial charge on any atom is 0.257 e. The van der Waals surface area contributed by atoms with Gasteiger partial charge in [0.25, 0.3) is 11.8 Å². The van der Waals surface area contributed by atoms with Crippen molar-refractivity contribution in [1.82, 2.24) is 10.3 Å². The van der Waals surface area contributed by atoms with E-state index in [9.17, 15) is 9.59 Å². The zero-order valence-electron chi connectivity index (χ0n) is 19.6. The van der Waals surface area contributed by atoms with Crippen molar-refractivity contribution in [3.8, 4) is 17.2 Å². The van der Waals surface area contributed by atoms with E-state index in [2.05, 4.69) is 15.6 Å². The van der Waals surface area contributed by atoms with Crippen LogP contribution in [0.2, 0.25) is 0 Å². The molecule has 0 spiro atoms. The van der Waals surface area contributed by atoms with Crippen molar-refractivity contribution >= 4 is 17.5 Å². The van der Waals surface area contributed by atoms with Gasteiger partial charge in [-0.1, -0.05) is 18.2 Å². The third kappa shape index (κ3) is 6.25. The molecule has 0 unspecified atom stereocenters. The smallest absolute Gasteiger partial charge is 0.257 e. The van der Waals surface area contributed by atoms with Gasteiger partial charge in [0.1, 0.15) is 0 Å². The summed E-state index contributed by atoms with van der Waals surface area (Å²) in [5.41, 5.74) is 2.19. The fraction of sp³-hybridized carbons (Fsp3) is 0.269. The van der Waals surface area contributed by atoms with E-state index >= 15 is 0 Å². The van der Waals surface area contributed by atoms with E-state index in [0.717, 1.165) is 5.56 Å². The van der Waals surface area contributed by atoms with E-state index in [1.807, 2.05) is 39.0 Å². The first-order chi connectivity index (χ1) is 16.6. The van der Waals surface area contributed by atoms with Crippen LogP contribution in [0.4, 0.5) is 5.69 Å². The zero-order valence-corrected chi connectivity index (χ0v) is 19.6. The van der Waals surface area contributed by atoms with Crippen LogP contribution >= 0.6 is 0 Å². The third-order valence-electron chi connectivity index (χ3n) is 4.80. The van der Waals surface area contributed by atoms with Crippen molar-refractivity contribution in [2.75, 3.05) is 25.1 Å². The molecule has 0 atom stereocenters. The van der Waals surface area contributed by atoms with Gasteiger partial charge in [-0.25, -0.2) is 0 Å². The molecule has 178 valence electrons. The van der Waals surface area contributed by atoms with Gasteiger partial charge in [0.2, 0.25) is 5.75 Å². The van der Waals surface area contributed by atoms with E-state index in [1.54, 1.807) is 36.5 Å². The standard InChI is InChI=1S/C26H29N3O5/c1-4-32-22-14-20(15-23(33-5-2)24(22)34-6-3)25(30)28-17-18-10-7-8-12-21(18)29-26(31)19-11-9-13-27-16-19/h7-16H,4-6,17H2,1-3H3,(H,28,30)(H,29,31). The molecule has 3 rings (SSSR count). The highest BCUT2D eigenvalue weighted by Gasteiger charge is 2.19. The topological polar surface area (TPSA) is 98.8 Å². The number of rotatable bonds is 11. The summed E-state index contributed by atoms with van der Waals surface area (Å²) >= 11 is 0. The molecule has 8 heteroatoms. The summed E-state index contributed by atoms with van der Waals surface area (Å²) in [4.78, 5) is 29.5. The Morgan fingerprint density at radius 3 is 2.12 bits per heavy atom. The van der Waals surface area contributed by atoms with Crippen LogP contribution in [-0.2, 0) is 6.54 Å². The zero-order chi connectivity index (χ0) is 24.3. The maximum absolute atomic E-state index is 13.0. The van der Waals surface area contributed by atoms with Crippen LogP contribution in [0.3, 0.4) is 0 Å². The Balaban J connectivity index is 1.77. The van der Waals surface area contributed by atoms with Crippen molar-refractivity contribution in [3.63, 3.8) is 0 Å². The third-order valence-corrected chi connectivity index (χ3v) is 4.80. The number of benzene rings is 2. The molecular formula is C26H29N3O5. The van der Waals surface area contributed by atoms with Gasteiger partial charge in [-0.05, 0) is 56.7 Å².